The van der Waals surface area contributed by atoms with E-state index in [2.05, 4.69) is 11.9 Å². The first kappa shape index (κ1) is 14.8. The van der Waals surface area contributed by atoms with Gasteiger partial charge in [0.1, 0.15) is 0 Å². The number of hydrogen-bond acceptors (Lipinski definition) is 3. The lowest BCUT2D eigenvalue weighted by atomic mass is 10.2. The van der Waals surface area contributed by atoms with E-state index in [0.717, 1.165) is 12.2 Å². The molecule has 0 bridgehead atoms. The van der Waals surface area contributed by atoms with Crippen molar-refractivity contribution in [2.75, 3.05) is 11.9 Å². The van der Waals surface area contributed by atoms with Crippen LogP contribution in [0.2, 0.25) is 0 Å². The van der Waals surface area contributed by atoms with Crippen molar-refractivity contribution in [3.8, 4) is 0 Å². The van der Waals surface area contributed by atoms with E-state index in [4.69, 9.17) is 0 Å². The lowest BCUT2D eigenvalue weighted by Crippen LogP contribution is -2.27. The summed E-state index contributed by atoms with van der Waals surface area (Å²) in [5.74, 6) is -0.360. The average Bonchev–Trinajstić information content (AvgIpc) is 2.70. The number of benzene rings is 1. The van der Waals surface area contributed by atoms with E-state index in [0.29, 0.717) is 16.7 Å². The van der Waals surface area contributed by atoms with Crippen LogP contribution in [0.25, 0.3) is 16.7 Å². The fourth-order valence-electron chi connectivity index (χ4n) is 2.31. The number of nitrogens with zero attached hydrogens (tertiary/aromatic N) is 2. The van der Waals surface area contributed by atoms with Gasteiger partial charge in [0.15, 0.2) is 0 Å². The number of imidazole rings is 1. The molecule has 0 atom stereocenters. The molecular formula is C16H19N3O2. The summed E-state index contributed by atoms with van der Waals surface area (Å²) in [5, 5.41) is 3.18. The summed E-state index contributed by atoms with van der Waals surface area (Å²) >= 11 is 0. The number of allylic oxidation sites excluding steroid dienone is 3. The van der Waals surface area contributed by atoms with Crippen LogP contribution < -0.4 is 11.0 Å². The summed E-state index contributed by atoms with van der Waals surface area (Å²) in [4.78, 5) is 24.7. The SMILES string of the molecule is C=C(C)n1c(=O)n(C(=O)C=CC)c2cc(NCC)ccc21. The maximum absolute atomic E-state index is 12.5. The number of fused-ring (bicyclic) bond motifs is 1. The van der Waals surface area contributed by atoms with Crippen molar-refractivity contribution in [2.45, 2.75) is 20.8 Å². The van der Waals surface area contributed by atoms with Crippen LogP contribution in [0.5, 0.6) is 0 Å². The zero-order valence-electron chi connectivity index (χ0n) is 12.5. The molecule has 5 nitrogen and oxygen atoms in total. The molecule has 21 heavy (non-hydrogen) atoms. The Labute approximate surface area is 123 Å². The molecule has 5 heteroatoms. The van der Waals surface area contributed by atoms with Crippen molar-refractivity contribution in [1.29, 1.82) is 0 Å². The summed E-state index contributed by atoms with van der Waals surface area (Å²) in [6.07, 6.45) is 3.00. The van der Waals surface area contributed by atoms with Crippen LogP contribution in [0, 0.1) is 0 Å². The Morgan fingerprint density at radius 1 is 1.33 bits per heavy atom. The number of nitrogens with one attached hydrogen (secondary N) is 1. The van der Waals surface area contributed by atoms with Gasteiger partial charge in [-0.05, 0) is 45.0 Å². The number of carbonyl (C=O) groups is 1. The minimum Gasteiger partial charge on any atom is -0.385 e. The number of hydrogen-bond donors (Lipinski definition) is 1. The van der Waals surface area contributed by atoms with Crippen molar-refractivity contribution in [3.63, 3.8) is 0 Å². The molecule has 0 amide bonds. The largest absolute Gasteiger partial charge is 0.385 e. The molecule has 1 heterocycles. The first-order chi connectivity index (χ1) is 10.0. The summed E-state index contributed by atoms with van der Waals surface area (Å²) < 4.78 is 2.62. The van der Waals surface area contributed by atoms with Crippen LogP contribution in [0.15, 0.2) is 41.7 Å². The number of rotatable bonds is 4. The third-order valence-electron chi connectivity index (χ3n) is 3.13. The van der Waals surface area contributed by atoms with Crippen LogP contribution in [-0.2, 0) is 0 Å². The number of carbonyl (C=O) groups excluding carboxylic acids is 1. The van der Waals surface area contributed by atoms with E-state index in [1.807, 2.05) is 19.1 Å². The first-order valence-corrected chi connectivity index (χ1v) is 6.85. The quantitative estimate of drug-likeness (QED) is 0.879. The molecule has 0 fully saturated rings. The summed E-state index contributed by atoms with van der Waals surface area (Å²) in [6.45, 7) is 10.1. The Morgan fingerprint density at radius 2 is 2.05 bits per heavy atom. The van der Waals surface area contributed by atoms with Crippen molar-refractivity contribution >= 4 is 28.3 Å². The Kier molecular flexibility index (Phi) is 4.12. The average molecular weight is 285 g/mol. The molecule has 1 aromatic carbocycles. The highest BCUT2D eigenvalue weighted by Crippen LogP contribution is 2.20. The summed E-state index contributed by atoms with van der Waals surface area (Å²) in [7, 11) is 0. The maximum Gasteiger partial charge on any atom is 0.340 e. The smallest absolute Gasteiger partial charge is 0.340 e. The molecule has 1 N–H and O–H groups in total. The van der Waals surface area contributed by atoms with Crippen molar-refractivity contribution in [2.24, 2.45) is 0 Å². The van der Waals surface area contributed by atoms with Gasteiger partial charge in [0.05, 0.1) is 11.0 Å². The fraction of sp³-hybridized carbons (Fsp3) is 0.250. The van der Waals surface area contributed by atoms with Gasteiger partial charge < -0.3 is 5.32 Å². The van der Waals surface area contributed by atoms with Gasteiger partial charge in [-0.2, -0.15) is 0 Å². The van der Waals surface area contributed by atoms with E-state index in [1.165, 1.54) is 15.2 Å². The Morgan fingerprint density at radius 3 is 2.62 bits per heavy atom. The van der Waals surface area contributed by atoms with E-state index in [9.17, 15) is 9.59 Å². The van der Waals surface area contributed by atoms with E-state index >= 15 is 0 Å². The van der Waals surface area contributed by atoms with Crippen molar-refractivity contribution in [1.82, 2.24) is 9.13 Å². The van der Waals surface area contributed by atoms with Crippen LogP contribution in [0.4, 0.5) is 5.69 Å². The molecule has 2 aromatic rings. The van der Waals surface area contributed by atoms with Gasteiger partial charge in [-0.3, -0.25) is 9.36 Å². The van der Waals surface area contributed by atoms with Crippen molar-refractivity contribution in [3.05, 3.63) is 47.4 Å². The normalized spacial score (nSPS) is 11.2. The zero-order valence-corrected chi connectivity index (χ0v) is 12.5. The molecule has 2 rings (SSSR count). The highest BCUT2D eigenvalue weighted by molar-refractivity contribution is 5.98. The molecule has 1 aromatic heterocycles. The second-order valence-corrected chi connectivity index (χ2v) is 4.76. The van der Waals surface area contributed by atoms with Gasteiger partial charge in [-0.1, -0.05) is 12.7 Å². The van der Waals surface area contributed by atoms with Crippen LogP contribution in [0.3, 0.4) is 0 Å². The molecule has 0 unspecified atom stereocenters. The second-order valence-electron chi connectivity index (χ2n) is 4.76. The molecule has 0 aliphatic heterocycles. The lowest BCUT2D eigenvalue weighted by Gasteiger charge is -2.04. The first-order valence-electron chi connectivity index (χ1n) is 6.85. The lowest BCUT2D eigenvalue weighted by molar-refractivity contribution is 0.0969. The standard InChI is InChI=1S/C16H19N3O2/c1-5-7-15(20)19-14-10-12(17-6-2)8-9-13(14)18(11(3)4)16(19)21/h5,7-10,17H,3,6H2,1-2,4H3. The van der Waals surface area contributed by atoms with Gasteiger partial charge >= 0.3 is 5.69 Å². The van der Waals surface area contributed by atoms with Gasteiger partial charge in [-0.15, -0.1) is 0 Å². The zero-order chi connectivity index (χ0) is 15.6. The second kappa shape index (κ2) is 5.83. The molecule has 0 saturated carbocycles. The Balaban J connectivity index is 2.84. The van der Waals surface area contributed by atoms with E-state index < -0.39 is 5.69 Å². The van der Waals surface area contributed by atoms with Crippen LogP contribution in [0.1, 0.15) is 25.6 Å². The van der Waals surface area contributed by atoms with Gasteiger partial charge in [0, 0.05) is 17.9 Å². The molecular weight excluding hydrogens is 266 g/mol. The molecule has 0 aliphatic rings. The highest BCUT2D eigenvalue weighted by atomic mass is 16.2. The van der Waals surface area contributed by atoms with Crippen LogP contribution >= 0.6 is 0 Å². The third kappa shape index (κ3) is 2.54. The Hall–Kier alpha value is -2.56. The third-order valence-corrected chi connectivity index (χ3v) is 3.13. The van der Waals surface area contributed by atoms with Gasteiger partial charge in [-0.25, -0.2) is 9.36 Å². The molecule has 0 radical (unpaired) electrons. The number of aromatic nitrogens is 2. The molecule has 0 saturated heterocycles. The van der Waals surface area contributed by atoms with Crippen molar-refractivity contribution < 1.29 is 4.79 Å². The van der Waals surface area contributed by atoms with Gasteiger partial charge in [0.2, 0.25) is 0 Å². The maximum atomic E-state index is 12.5. The molecule has 0 spiro atoms. The summed E-state index contributed by atoms with van der Waals surface area (Å²) in [5.41, 5.74) is 2.30. The predicted octanol–water partition coefficient (Wildman–Crippen LogP) is 2.94. The highest BCUT2D eigenvalue weighted by Gasteiger charge is 2.17. The topological polar surface area (TPSA) is 56.0 Å². The molecule has 110 valence electrons. The van der Waals surface area contributed by atoms with E-state index in [1.54, 1.807) is 26.0 Å². The number of anilines is 1. The monoisotopic (exact) mass is 285 g/mol. The fourth-order valence-corrected chi connectivity index (χ4v) is 2.31. The minimum atomic E-state index is -0.394. The predicted molar refractivity (Wildman–Crippen MR) is 86.8 cm³/mol. The minimum absolute atomic E-state index is 0.360. The van der Waals surface area contributed by atoms with E-state index in [-0.39, 0.29) is 5.91 Å². The summed E-state index contributed by atoms with van der Waals surface area (Å²) in [6, 6.07) is 5.51. The van der Waals surface area contributed by atoms with Crippen LogP contribution in [-0.4, -0.2) is 21.6 Å². The van der Waals surface area contributed by atoms with Gasteiger partial charge in [0.25, 0.3) is 5.91 Å². The molecule has 0 aliphatic carbocycles. The Bertz CT molecular complexity index is 794.